The van der Waals surface area contributed by atoms with Crippen LogP contribution in [0.2, 0.25) is 0 Å². The zero-order valence-electron chi connectivity index (χ0n) is 13.3. The third-order valence-electron chi connectivity index (χ3n) is 4.82. The number of hydrogen-bond donors (Lipinski definition) is 0. The first-order chi connectivity index (χ1) is 10.7. The molecule has 2 heteroatoms. The summed E-state index contributed by atoms with van der Waals surface area (Å²) in [7, 11) is 2.22. The highest BCUT2D eigenvalue weighted by Crippen LogP contribution is 2.31. The second-order valence-corrected chi connectivity index (χ2v) is 6.50. The molecule has 3 aromatic rings. The van der Waals surface area contributed by atoms with Crippen LogP contribution in [0.3, 0.4) is 0 Å². The molecule has 0 spiro atoms. The number of nitrogens with zero attached hydrogens (tertiary/aromatic N) is 2. The van der Waals surface area contributed by atoms with E-state index in [-0.39, 0.29) is 0 Å². The number of fused-ring (bicyclic) bond motifs is 3. The zero-order chi connectivity index (χ0) is 15.1. The smallest absolute Gasteiger partial charge is 0.0488 e. The first-order valence-corrected chi connectivity index (χ1v) is 8.05. The van der Waals surface area contributed by atoms with Gasteiger partial charge in [-0.3, -0.25) is 0 Å². The molecule has 4 rings (SSSR count). The van der Waals surface area contributed by atoms with E-state index in [2.05, 4.69) is 72.0 Å². The molecule has 0 saturated heterocycles. The van der Waals surface area contributed by atoms with Crippen molar-refractivity contribution in [3.63, 3.8) is 0 Å². The van der Waals surface area contributed by atoms with E-state index in [1.54, 1.807) is 5.56 Å². The lowest BCUT2D eigenvalue weighted by Gasteiger charge is -2.24. The Morgan fingerprint density at radius 3 is 2.59 bits per heavy atom. The fraction of sp³-hybridized carbons (Fsp3) is 0.300. The molecule has 0 N–H and O–H groups in total. The first kappa shape index (κ1) is 13.6. The quantitative estimate of drug-likeness (QED) is 0.693. The zero-order valence-corrected chi connectivity index (χ0v) is 13.3. The van der Waals surface area contributed by atoms with E-state index in [1.165, 1.54) is 27.7 Å². The van der Waals surface area contributed by atoms with Gasteiger partial charge in [0.15, 0.2) is 0 Å². The van der Waals surface area contributed by atoms with E-state index in [0.29, 0.717) is 0 Å². The standard InChI is InChI=1S/C20H22N2/c1-15-7-9-16(10-8-15)13-22-19-6-4-3-5-17(19)18-11-12-21(2)14-20(18)22/h3-10H,11-14H2,1-2H3. The van der Waals surface area contributed by atoms with Gasteiger partial charge >= 0.3 is 0 Å². The van der Waals surface area contributed by atoms with Crippen LogP contribution in [-0.4, -0.2) is 23.1 Å². The third-order valence-corrected chi connectivity index (χ3v) is 4.82. The number of aryl methyl sites for hydroxylation is 1. The SMILES string of the molecule is Cc1ccc(Cn2c3c(c4ccccc42)CCN(C)C3)cc1. The molecule has 2 aromatic carbocycles. The van der Waals surface area contributed by atoms with Gasteiger partial charge in [-0.05, 0) is 37.6 Å². The summed E-state index contributed by atoms with van der Waals surface area (Å²) < 4.78 is 2.52. The van der Waals surface area contributed by atoms with Crippen LogP contribution in [0.4, 0.5) is 0 Å². The van der Waals surface area contributed by atoms with Crippen LogP contribution in [0, 0.1) is 6.92 Å². The largest absolute Gasteiger partial charge is 0.339 e. The van der Waals surface area contributed by atoms with Gasteiger partial charge in [0.25, 0.3) is 0 Å². The van der Waals surface area contributed by atoms with Gasteiger partial charge in [-0.2, -0.15) is 0 Å². The van der Waals surface area contributed by atoms with Crippen molar-refractivity contribution in [2.24, 2.45) is 0 Å². The molecular weight excluding hydrogens is 268 g/mol. The number of para-hydroxylation sites is 1. The summed E-state index contributed by atoms with van der Waals surface area (Å²) in [6.07, 6.45) is 1.16. The van der Waals surface area contributed by atoms with Crippen molar-refractivity contribution in [3.05, 3.63) is 70.9 Å². The van der Waals surface area contributed by atoms with Gasteiger partial charge in [0, 0.05) is 36.2 Å². The van der Waals surface area contributed by atoms with E-state index >= 15 is 0 Å². The molecule has 2 nitrogen and oxygen atoms in total. The predicted molar refractivity (Wildman–Crippen MR) is 92.3 cm³/mol. The van der Waals surface area contributed by atoms with E-state index in [4.69, 9.17) is 0 Å². The van der Waals surface area contributed by atoms with Crippen molar-refractivity contribution in [2.75, 3.05) is 13.6 Å². The lowest BCUT2D eigenvalue weighted by molar-refractivity contribution is 0.304. The van der Waals surface area contributed by atoms with Gasteiger partial charge in [-0.1, -0.05) is 48.0 Å². The Labute approximate surface area is 132 Å². The molecule has 1 aliphatic heterocycles. The van der Waals surface area contributed by atoms with E-state index < -0.39 is 0 Å². The number of hydrogen-bond acceptors (Lipinski definition) is 1. The van der Waals surface area contributed by atoms with Gasteiger partial charge in [0.2, 0.25) is 0 Å². The van der Waals surface area contributed by atoms with Crippen molar-refractivity contribution >= 4 is 10.9 Å². The van der Waals surface area contributed by atoms with Crippen LogP contribution in [-0.2, 0) is 19.5 Å². The highest BCUT2D eigenvalue weighted by Gasteiger charge is 2.21. The Hall–Kier alpha value is -2.06. The minimum Gasteiger partial charge on any atom is -0.339 e. The lowest BCUT2D eigenvalue weighted by Crippen LogP contribution is -2.27. The van der Waals surface area contributed by atoms with Crippen molar-refractivity contribution in [2.45, 2.75) is 26.4 Å². The first-order valence-electron chi connectivity index (χ1n) is 8.05. The Balaban J connectivity index is 1.85. The predicted octanol–water partition coefficient (Wildman–Crippen LogP) is 3.99. The Morgan fingerprint density at radius 1 is 1.00 bits per heavy atom. The normalized spacial score (nSPS) is 15.2. The second kappa shape index (κ2) is 5.29. The number of aromatic nitrogens is 1. The van der Waals surface area contributed by atoms with Crippen LogP contribution in [0.5, 0.6) is 0 Å². The molecule has 0 saturated carbocycles. The maximum atomic E-state index is 2.52. The molecule has 0 bridgehead atoms. The Bertz CT molecular complexity index is 812. The summed E-state index contributed by atoms with van der Waals surface area (Å²) in [6, 6.07) is 17.8. The van der Waals surface area contributed by atoms with Crippen LogP contribution in [0.15, 0.2) is 48.5 Å². The summed E-state index contributed by atoms with van der Waals surface area (Å²) in [6.45, 7) is 5.32. The topological polar surface area (TPSA) is 8.17 Å². The average molecular weight is 290 g/mol. The highest BCUT2D eigenvalue weighted by molar-refractivity contribution is 5.86. The molecule has 2 heterocycles. The van der Waals surface area contributed by atoms with E-state index in [9.17, 15) is 0 Å². The van der Waals surface area contributed by atoms with E-state index in [0.717, 1.165) is 26.1 Å². The van der Waals surface area contributed by atoms with Crippen LogP contribution < -0.4 is 0 Å². The van der Waals surface area contributed by atoms with Gasteiger partial charge in [-0.15, -0.1) is 0 Å². The van der Waals surface area contributed by atoms with Crippen molar-refractivity contribution in [1.82, 2.24) is 9.47 Å². The monoisotopic (exact) mass is 290 g/mol. The Morgan fingerprint density at radius 2 is 1.77 bits per heavy atom. The molecule has 0 fully saturated rings. The molecule has 1 aromatic heterocycles. The molecule has 112 valence electrons. The summed E-state index contributed by atoms with van der Waals surface area (Å²) in [5, 5.41) is 1.44. The maximum Gasteiger partial charge on any atom is 0.0488 e. The molecular formula is C20H22N2. The molecule has 0 amide bonds. The van der Waals surface area contributed by atoms with Gasteiger partial charge < -0.3 is 9.47 Å². The minimum atomic E-state index is 0.962. The number of likely N-dealkylation sites (N-methyl/N-ethyl adjacent to an activating group) is 1. The molecule has 0 radical (unpaired) electrons. The molecule has 22 heavy (non-hydrogen) atoms. The number of benzene rings is 2. The fourth-order valence-corrected chi connectivity index (χ4v) is 3.58. The van der Waals surface area contributed by atoms with Crippen molar-refractivity contribution in [3.8, 4) is 0 Å². The molecule has 0 atom stereocenters. The number of rotatable bonds is 2. The summed E-state index contributed by atoms with van der Waals surface area (Å²) in [5.74, 6) is 0. The minimum absolute atomic E-state index is 0.962. The van der Waals surface area contributed by atoms with Crippen LogP contribution in [0.25, 0.3) is 10.9 Å². The second-order valence-electron chi connectivity index (χ2n) is 6.50. The summed E-state index contributed by atoms with van der Waals surface area (Å²) in [5.41, 5.74) is 7.13. The molecule has 0 aliphatic carbocycles. The molecule has 0 unspecified atom stereocenters. The fourth-order valence-electron chi connectivity index (χ4n) is 3.58. The summed E-state index contributed by atoms with van der Waals surface area (Å²) >= 11 is 0. The summed E-state index contributed by atoms with van der Waals surface area (Å²) in [4.78, 5) is 2.42. The highest BCUT2D eigenvalue weighted by atomic mass is 15.1. The van der Waals surface area contributed by atoms with Crippen LogP contribution in [0.1, 0.15) is 22.4 Å². The van der Waals surface area contributed by atoms with Gasteiger partial charge in [0.05, 0.1) is 0 Å². The van der Waals surface area contributed by atoms with Crippen molar-refractivity contribution in [1.29, 1.82) is 0 Å². The van der Waals surface area contributed by atoms with Crippen molar-refractivity contribution < 1.29 is 0 Å². The van der Waals surface area contributed by atoms with Gasteiger partial charge in [-0.25, -0.2) is 0 Å². The van der Waals surface area contributed by atoms with Gasteiger partial charge in [0.1, 0.15) is 0 Å². The Kier molecular flexibility index (Phi) is 3.27. The lowest BCUT2D eigenvalue weighted by atomic mass is 10.0. The average Bonchev–Trinajstić information content (AvgIpc) is 2.83. The maximum absolute atomic E-state index is 2.52. The third kappa shape index (κ3) is 2.24. The molecule has 1 aliphatic rings. The van der Waals surface area contributed by atoms with Crippen LogP contribution >= 0.6 is 0 Å². The van der Waals surface area contributed by atoms with E-state index in [1.807, 2.05) is 0 Å².